The number of aromatic hydroxyl groups is 1. The van der Waals surface area contributed by atoms with Crippen molar-refractivity contribution in [1.29, 1.82) is 5.39 Å². The Morgan fingerprint density at radius 3 is 3.07 bits per heavy atom. The molecule has 2 aromatic rings. The first-order chi connectivity index (χ1) is 7.33. The molecule has 0 saturated heterocycles. The van der Waals surface area contributed by atoms with Crippen LogP contribution < -0.4 is 5.43 Å². The molecule has 5 heteroatoms. The molecule has 2 N–H and O–H groups in total. The Morgan fingerprint density at radius 2 is 2.27 bits per heavy atom. The summed E-state index contributed by atoms with van der Waals surface area (Å²) in [6, 6.07) is 6.99. The molecule has 0 aliphatic rings. The van der Waals surface area contributed by atoms with Crippen molar-refractivity contribution < 1.29 is 5.11 Å². The number of diazo groups is 1. The number of rotatable bonds is 2. The molecule has 5 nitrogen and oxygen atoms in total. The van der Waals surface area contributed by atoms with E-state index in [0.717, 1.165) is 10.9 Å². The van der Waals surface area contributed by atoms with Crippen LogP contribution in [0.3, 0.4) is 0 Å². The molecule has 2 rings (SSSR count). The number of hydrogen-bond acceptors (Lipinski definition) is 4. The van der Waals surface area contributed by atoms with Crippen molar-refractivity contribution >= 4 is 10.9 Å². The second-order valence-electron chi connectivity index (χ2n) is 3.08. The highest BCUT2D eigenvalue weighted by atomic mass is 16.3. The summed E-state index contributed by atoms with van der Waals surface area (Å²) in [6.07, 6.45) is 1.62. The van der Waals surface area contributed by atoms with E-state index < -0.39 is 0 Å². The maximum atomic E-state index is 9.57. The molecule has 0 amide bonds. The first-order valence-corrected chi connectivity index (χ1v) is 4.45. The molecule has 0 spiro atoms. The van der Waals surface area contributed by atoms with Crippen LogP contribution >= 0.6 is 0 Å². The summed E-state index contributed by atoms with van der Waals surface area (Å²) >= 11 is 0. The van der Waals surface area contributed by atoms with Crippen LogP contribution in [0.25, 0.3) is 16.0 Å². The number of benzene rings is 1. The first kappa shape index (κ1) is 9.21. The lowest BCUT2D eigenvalue weighted by Gasteiger charge is -2.03. The molecular weight excluding hydrogens is 192 g/mol. The second kappa shape index (κ2) is 3.80. The van der Waals surface area contributed by atoms with Crippen molar-refractivity contribution in [2.24, 2.45) is 0 Å². The van der Waals surface area contributed by atoms with Crippen LogP contribution in [-0.2, 0) is 6.54 Å². The summed E-state index contributed by atoms with van der Waals surface area (Å²) in [7, 11) is 0. The predicted molar refractivity (Wildman–Crippen MR) is 55.3 cm³/mol. The molecule has 0 atom stereocenters. The Labute approximate surface area is 86.0 Å². The zero-order valence-corrected chi connectivity index (χ0v) is 7.88. The summed E-state index contributed by atoms with van der Waals surface area (Å²) in [5.74, 6) is 0.148. The van der Waals surface area contributed by atoms with E-state index in [-0.39, 0.29) is 5.75 Å². The lowest BCUT2D eigenvalue weighted by molar-refractivity contribution is 0.480. The molecule has 1 aromatic heterocycles. The molecule has 15 heavy (non-hydrogen) atoms. The zero-order chi connectivity index (χ0) is 10.7. The van der Waals surface area contributed by atoms with E-state index in [1.165, 1.54) is 0 Å². The Hall–Kier alpha value is -2.35. The molecule has 0 bridgehead atoms. The van der Waals surface area contributed by atoms with E-state index in [4.69, 9.17) is 5.39 Å². The SMILES string of the molecule is N#[N+]NCc1ccc(O)c2ncccc12. The monoisotopic (exact) mass is 201 g/mol. The highest BCUT2D eigenvalue weighted by molar-refractivity contribution is 5.87. The molecule has 0 radical (unpaired) electrons. The van der Waals surface area contributed by atoms with Gasteiger partial charge < -0.3 is 5.11 Å². The third-order valence-corrected chi connectivity index (χ3v) is 2.18. The second-order valence-corrected chi connectivity index (χ2v) is 3.08. The van der Waals surface area contributed by atoms with E-state index in [1.54, 1.807) is 24.4 Å². The number of phenols is 1. The predicted octanol–water partition coefficient (Wildman–Crippen LogP) is 1.80. The standard InChI is InChI=1S/C10H8N4O/c11-14-13-6-7-3-4-9(15)10-8(7)2-1-5-12-10/h1-5,13H,6H2/p+1. The van der Waals surface area contributed by atoms with Gasteiger partial charge in [-0.2, -0.15) is 0 Å². The van der Waals surface area contributed by atoms with Gasteiger partial charge in [-0.05, 0) is 23.1 Å². The first-order valence-electron chi connectivity index (χ1n) is 4.45. The Morgan fingerprint density at radius 1 is 1.40 bits per heavy atom. The van der Waals surface area contributed by atoms with Gasteiger partial charge in [0.2, 0.25) is 0 Å². The minimum absolute atomic E-state index is 0.148. The number of nitrogens with one attached hydrogen (secondary N) is 1. The lowest BCUT2D eigenvalue weighted by atomic mass is 10.1. The summed E-state index contributed by atoms with van der Waals surface area (Å²) < 4.78 is 0. The van der Waals surface area contributed by atoms with Gasteiger partial charge >= 0.3 is 5.08 Å². The lowest BCUT2D eigenvalue weighted by Crippen LogP contribution is -2.02. The van der Waals surface area contributed by atoms with Crippen LogP contribution in [0.15, 0.2) is 30.5 Å². The van der Waals surface area contributed by atoms with E-state index in [1.807, 2.05) is 6.07 Å². The topological polar surface area (TPSA) is 73.3 Å². The van der Waals surface area contributed by atoms with Gasteiger partial charge in [-0.3, -0.25) is 4.98 Å². The molecule has 1 aromatic carbocycles. The maximum absolute atomic E-state index is 9.57. The van der Waals surface area contributed by atoms with Gasteiger partial charge in [-0.15, -0.1) is 0 Å². The average molecular weight is 201 g/mol. The van der Waals surface area contributed by atoms with Crippen LogP contribution in [0.1, 0.15) is 5.56 Å². The quantitative estimate of drug-likeness (QED) is 0.574. The van der Waals surface area contributed by atoms with Gasteiger partial charge in [0.05, 0.1) is 0 Å². The highest BCUT2D eigenvalue weighted by Crippen LogP contribution is 2.25. The van der Waals surface area contributed by atoms with Crippen LogP contribution in [0.2, 0.25) is 0 Å². The Kier molecular flexibility index (Phi) is 2.33. The van der Waals surface area contributed by atoms with E-state index in [0.29, 0.717) is 12.1 Å². The van der Waals surface area contributed by atoms with Crippen molar-refractivity contribution in [1.82, 2.24) is 10.4 Å². The van der Waals surface area contributed by atoms with E-state index in [9.17, 15) is 5.11 Å². The van der Waals surface area contributed by atoms with Crippen molar-refractivity contribution in [2.75, 3.05) is 0 Å². The zero-order valence-electron chi connectivity index (χ0n) is 7.88. The highest BCUT2D eigenvalue weighted by Gasteiger charge is 2.06. The molecule has 0 aliphatic carbocycles. The summed E-state index contributed by atoms with van der Waals surface area (Å²) in [4.78, 5) is 4.08. The van der Waals surface area contributed by atoms with Gasteiger partial charge in [-0.1, -0.05) is 12.1 Å². The van der Waals surface area contributed by atoms with Crippen molar-refractivity contribution in [3.8, 4) is 5.75 Å². The number of hydrogen-bond donors (Lipinski definition) is 2. The largest absolute Gasteiger partial charge is 0.506 e. The van der Waals surface area contributed by atoms with Gasteiger partial charge in [0.15, 0.2) is 0 Å². The van der Waals surface area contributed by atoms with E-state index >= 15 is 0 Å². The molecular formula is C10H9N4O+. The fourth-order valence-electron chi connectivity index (χ4n) is 1.49. The summed E-state index contributed by atoms with van der Waals surface area (Å²) in [5.41, 5.74) is 3.91. The van der Waals surface area contributed by atoms with Crippen LogP contribution in [0.4, 0.5) is 0 Å². The number of aromatic nitrogens is 1. The fourth-order valence-corrected chi connectivity index (χ4v) is 1.49. The van der Waals surface area contributed by atoms with Gasteiger partial charge in [0.25, 0.3) is 5.39 Å². The van der Waals surface area contributed by atoms with Crippen LogP contribution in [0.5, 0.6) is 5.75 Å². The summed E-state index contributed by atoms with van der Waals surface area (Å²) in [5, 5.41) is 21.5. The molecule has 0 unspecified atom stereocenters. The summed E-state index contributed by atoms with van der Waals surface area (Å²) in [6.45, 7) is 0.388. The Bertz CT molecular complexity index is 532. The smallest absolute Gasteiger partial charge is 0.303 e. The third-order valence-electron chi connectivity index (χ3n) is 2.18. The van der Waals surface area contributed by atoms with E-state index in [2.05, 4.69) is 15.5 Å². The molecule has 74 valence electrons. The minimum Gasteiger partial charge on any atom is -0.506 e. The Balaban J connectivity index is 2.57. The van der Waals surface area contributed by atoms with Crippen molar-refractivity contribution in [3.05, 3.63) is 41.1 Å². The number of phenolic OH excluding ortho intramolecular Hbond substituents is 1. The minimum atomic E-state index is 0.148. The number of nitrogens with zero attached hydrogens (tertiary/aromatic N) is 3. The molecule has 0 aliphatic heterocycles. The van der Waals surface area contributed by atoms with Crippen LogP contribution in [-0.4, -0.2) is 10.1 Å². The van der Waals surface area contributed by atoms with Crippen molar-refractivity contribution in [2.45, 2.75) is 6.54 Å². The number of fused-ring (bicyclic) bond motifs is 1. The molecule has 0 saturated carbocycles. The fraction of sp³-hybridized carbons (Fsp3) is 0.100. The number of pyridine rings is 1. The van der Waals surface area contributed by atoms with Crippen molar-refractivity contribution in [3.63, 3.8) is 0 Å². The molecule has 1 heterocycles. The molecule has 0 fully saturated rings. The normalized spacial score (nSPS) is 9.80. The van der Waals surface area contributed by atoms with Crippen LogP contribution in [0, 0.1) is 5.39 Å². The van der Waals surface area contributed by atoms with Gasteiger partial charge in [-0.25, -0.2) is 0 Å². The van der Waals surface area contributed by atoms with Gasteiger partial charge in [0, 0.05) is 11.6 Å². The van der Waals surface area contributed by atoms with Gasteiger partial charge in [0.1, 0.15) is 17.8 Å². The third kappa shape index (κ3) is 1.65. The average Bonchev–Trinajstić information content (AvgIpc) is 2.29. The maximum Gasteiger partial charge on any atom is 0.303 e.